The Kier molecular flexibility index (Phi) is 9.39. The molecule has 38 heavy (non-hydrogen) atoms. The number of carbonyl (C=O) groups excluding carboxylic acids is 4. The molecule has 0 aromatic heterocycles. The molecule has 1 aromatic carbocycles. The van der Waals surface area contributed by atoms with Crippen molar-refractivity contribution in [2.45, 2.75) is 104 Å². The van der Waals surface area contributed by atoms with Crippen LogP contribution in [0.3, 0.4) is 0 Å². The van der Waals surface area contributed by atoms with Gasteiger partial charge < -0.3 is 20.9 Å². The van der Waals surface area contributed by atoms with Gasteiger partial charge in [-0.05, 0) is 60.6 Å². The second-order valence-electron chi connectivity index (χ2n) is 12.8. The minimum atomic E-state index is -0.755. The van der Waals surface area contributed by atoms with Gasteiger partial charge in [-0.1, -0.05) is 60.6 Å². The number of rotatable bonds is 9. The van der Waals surface area contributed by atoms with Crippen molar-refractivity contribution in [2.24, 2.45) is 17.6 Å². The number of benzene rings is 1. The molecule has 4 atom stereocenters. The number of carbonyl (C=O) groups is 4. The van der Waals surface area contributed by atoms with E-state index in [1.165, 1.54) is 0 Å². The molecule has 2 saturated heterocycles. The normalized spacial score (nSPS) is 21.2. The number of nitrogens with two attached hydrogens (primary N) is 1. The first-order chi connectivity index (χ1) is 17.7. The predicted octanol–water partition coefficient (Wildman–Crippen LogP) is 3.27. The van der Waals surface area contributed by atoms with Crippen molar-refractivity contribution in [3.63, 3.8) is 0 Å². The van der Waals surface area contributed by atoms with Crippen LogP contribution < -0.4 is 11.1 Å². The molecule has 1 aromatic rings. The minimum absolute atomic E-state index is 0.0192. The molecule has 2 fully saturated rings. The van der Waals surface area contributed by atoms with E-state index in [4.69, 9.17) is 5.73 Å². The number of nitrogens with zero attached hydrogens (tertiary/aromatic N) is 2. The Bertz CT molecular complexity index is 1030. The van der Waals surface area contributed by atoms with E-state index in [1.807, 2.05) is 26.0 Å². The molecule has 0 spiro atoms. The van der Waals surface area contributed by atoms with Gasteiger partial charge in [-0.3, -0.25) is 19.2 Å². The summed E-state index contributed by atoms with van der Waals surface area (Å²) in [6.45, 7) is 14.8. The molecule has 2 heterocycles. The second kappa shape index (κ2) is 12.0. The van der Waals surface area contributed by atoms with Crippen molar-refractivity contribution in [1.29, 1.82) is 0 Å². The third-order valence-corrected chi connectivity index (χ3v) is 7.68. The quantitative estimate of drug-likeness (QED) is 0.513. The maximum Gasteiger partial charge on any atom is 0.251 e. The zero-order valence-corrected chi connectivity index (χ0v) is 24.1. The van der Waals surface area contributed by atoms with Crippen LogP contribution in [0.2, 0.25) is 0 Å². The molecule has 3 amide bonds. The van der Waals surface area contributed by atoms with Crippen LogP contribution >= 0.6 is 0 Å². The van der Waals surface area contributed by atoms with Gasteiger partial charge in [-0.25, -0.2) is 0 Å². The zero-order chi connectivity index (χ0) is 28.4. The first kappa shape index (κ1) is 29.8. The Morgan fingerprint density at radius 3 is 2.16 bits per heavy atom. The van der Waals surface area contributed by atoms with Crippen molar-refractivity contribution in [3.8, 4) is 0 Å². The Hall–Kier alpha value is -2.74. The summed E-state index contributed by atoms with van der Waals surface area (Å²) in [5, 5.41) is 2.93. The van der Waals surface area contributed by atoms with Gasteiger partial charge in [0.05, 0.1) is 18.6 Å². The molecule has 8 heteroatoms. The van der Waals surface area contributed by atoms with E-state index in [1.54, 1.807) is 21.9 Å². The van der Waals surface area contributed by atoms with Gasteiger partial charge in [0.15, 0.2) is 5.78 Å². The summed E-state index contributed by atoms with van der Waals surface area (Å²) in [5.74, 6) is -0.346. The fourth-order valence-corrected chi connectivity index (χ4v) is 5.46. The number of amides is 3. The Labute approximate surface area is 227 Å². The molecule has 0 aliphatic carbocycles. The number of ketones is 1. The third kappa shape index (κ3) is 6.82. The van der Waals surface area contributed by atoms with Crippen molar-refractivity contribution in [1.82, 2.24) is 15.1 Å². The van der Waals surface area contributed by atoms with E-state index in [0.29, 0.717) is 37.3 Å². The fourth-order valence-electron chi connectivity index (χ4n) is 5.46. The molecule has 2 aliphatic heterocycles. The highest BCUT2D eigenvalue weighted by Gasteiger charge is 2.52. The van der Waals surface area contributed by atoms with E-state index in [2.05, 4.69) is 39.9 Å². The topological polar surface area (TPSA) is 113 Å². The highest BCUT2D eigenvalue weighted by Crippen LogP contribution is 2.31. The summed E-state index contributed by atoms with van der Waals surface area (Å²) in [7, 11) is 0. The lowest BCUT2D eigenvalue weighted by Crippen LogP contribution is -2.53. The number of fused-ring (bicyclic) bond motifs is 1. The van der Waals surface area contributed by atoms with Crippen LogP contribution in [0, 0.1) is 11.8 Å². The van der Waals surface area contributed by atoms with Crippen LogP contribution in [-0.4, -0.2) is 70.6 Å². The van der Waals surface area contributed by atoms with Gasteiger partial charge in [0.2, 0.25) is 11.8 Å². The molecule has 0 radical (unpaired) electrons. The van der Waals surface area contributed by atoms with E-state index in [-0.39, 0.29) is 47.4 Å². The van der Waals surface area contributed by atoms with E-state index in [9.17, 15) is 19.2 Å². The monoisotopic (exact) mass is 526 g/mol. The minimum Gasteiger partial charge on any atom is -0.340 e. The van der Waals surface area contributed by atoms with Crippen LogP contribution in [-0.2, 0) is 19.8 Å². The van der Waals surface area contributed by atoms with Crippen molar-refractivity contribution in [2.75, 3.05) is 13.1 Å². The average molecular weight is 527 g/mol. The van der Waals surface area contributed by atoms with Crippen LogP contribution in [0.5, 0.6) is 0 Å². The van der Waals surface area contributed by atoms with Crippen molar-refractivity contribution in [3.05, 3.63) is 35.4 Å². The number of nitrogens with one attached hydrogen (secondary N) is 1. The maximum atomic E-state index is 13.7. The van der Waals surface area contributed by atoms with Crippen LogP contribution in [0.4, 0.5) is 0 Å². The molecule has 0 saturated carbocycles. The highest BCUT2D eigenvalue weighted by atomic mass is 16.2. The van der Waals surface area contributed by atoms with Crippen molar-refractivity contribution < 1.29 is 19.2 Å². The summed E-state index contributed by atoms with van der Waals surface area (Å²) in [6.07, 6.45) is 2.39. The van der Waals surface area contributed by atoms with Gasteiger partial charge in [-0.15, -0.1) is 0 Å². The number of Topliss-reactive ketones (excluding diaryl/α,β-unsaturated/α-hetero) is 1. The molecule has 2 aliphatic rings. The van der Waals surface area contributed by atoms with Gasteiger partial charge in [0.25, 0.3) is 5.91 Å². The summed E-state index contributed by atoms with van der Waals surface area (Å²) in [5.41, 5.74) is 7.76. The smallest absolute Gasteiger partial charge is 0.251 e. The maximum absolute atomic E-state index is 13.7. The van der Waals surface area contributed by atoms with Gasteiger partial charge >= 0.3 is 0 Å². The third-order valence-electron chi connectivity index (χ3n) is 7.68. The number of likely N-dealkylation sites (tertiary alicyclic amines) is 2. The van der Waals surface area contributed by atoms with E-state index >= 15 is 0 Å². The first-order valence-electron chi connectivity index (χ1n) is 14.0. The zero-order valence-electron chi connectivity index (χ0n) is 24.1. The molecule has 0 bridgehead atoms. The van der Waals surface area contributed by atoms with Crippen molar-refractivity contribution >= 4 is 23.5 Å². The lowest BCUT2D eigenvalue weighted by molar-refractivity contribution is -0.138. The van der Waals surface area contributed by atoms with Gasteiger partial charge in [0.1, 0.15) is 12.1 Å². The Morgan fingerprint density at radius 2 is 1.61 bits per heavy atom. The molecule has 210 valence electrons. The molecule has 3 rings (SSSR count). The van der Waals surface area contributed by atoms with Crippen LogP contribution in [0.1, 0.15) is 90.1 Å². The summed E-state index contributed by atoms with van der Waals surface area (Å²) in [4.78, 5) is 56.2. The molecule has 4 unspecified atom stereocenters. The SMILES string of the molecule is CC(C)CCC(N)C(=O)N1CC(=O)C2C1CCN2C(=O)C(CC(C)C)NC(=O)c1ccc(C(C)(C)C)cc1. The Balaban J connectivity index is 1.73. The summed E-state index contributed by atoms with van der Waals surface area (Å²) in [6, 6.07) is 5.00. The predicted molar refractivity (Wildman–Crippen MR) is 149 cm³/mol. The van der Waals surface area contributed by atoms with E-state index in [0.717, 1.165) is 12.0 Å². The largest absolute Gasteiger partial charge is 0.340 e. The Morgan fingerprint density at radius 1 is 0.974 bits per heavy atom. The fraction of sp³-hybridized carbons (Fsp3) is 0.667. The standard InChI is InChI=1S/C30H46N4O4/c1-18(2)8-13-22(31)28(37)34-17-25(35)26-24(34)14-15-33(26)29(38)23(16-19(3)4)32-27(36)20-9-11-21(12-10-20)30(5,6)7/h9-12,18-19,22-24,26H,8,13-17,31H2,1-7H3,(H,32,36). The number of hydrogen-bond donors (Lipinski definition) is 2. The highest BCUT2D eigenvalue weighted by molar-refractivity contribution is 6.01. The number of hydrogen-bond acceptors (Lipinski definition) is 5. The lowest BCUT2D eigenvalue weighted by Gasteiger charge is -2.29. The molecular weight excluding hydrogens is 480 g/mol. The molecule has 3 N–H and O–H groups in total. The lowest BCUT2D eigenvalue weighted by atomic mass is 9.86. The van der Waals surface area contributed by atoms with Gasteiger partial charge in [-0.2, -0.15) is 0 Å². The summed E-state index contributed by atoms with van der Waals surface area (Å²) >= 11 is 0. The van der Waals surface area contributed by atoms with Crippen LogP contribution in [0.25, 0.3) is 0 Å². The van der Waals surface area contributed by atoms with E-state index < -0.39 is 18.1 Å². The summed E-state index contributed by atoms with van der Waals surface area (Å²) < 4.78 is 0. The van der Waals surface area contributed by atoms with Crippen LogP contribution in [0.15, 0.2) is 24.3 Å². The molecular formula is C30H46N4O4. The first-order valence-corrected chi connectivity index (χ1v) is 14.0. The molecule has 8 nitrogen and oxygen atoms in total. The second-order valence-corrected chi connectivity index (χ2v) is 12.8. The average Bonchev–Trinajstić information content (AvgIpc) is 3.41. The van der Waals surface area contributed by atoms with Gasteiger partial charge in [0, 0.05) is 12.1 Å².